The Labute approximate surface area is 146 Å². The number of halogens is 2. The van der Waals surface area contributed by atoms with Crippen LogP contribution in [0.5, 0.6) is 0 Å². The molecule has 26 heavy (non-hydrogen) atoms. The Morgan fingerprint density at radius 3 is 2.54 bits per heavy atom. The van der Waals surface area contributed by atoms with Gasteiger partial charge in [0.2, 0.25) is 0 Å². The highest BCUT2D eigenvalue weighted by Crippen LogP contribution is 2.20. The average molecular weight is 364 g/mol. The van der Waals surface area contributed by atoms with E-state index < -0.39 is 40.0 Å². The number of ether oxygens (including phenoxy) is 1. The lowest BCUT2D eigenvalue weighted by molar-refractivity contribution is -0.385. The molecule has 0 aromatic heterocycles. The third kappa shape index (κ3) is 4.18. The van der Waals surface area contributed by atoms with E-state index in [9.17, 15) is 28.5 Å². The van der Waals surface area contributed by atoms with Crippen molar-refractivity contribution in [3.8, 4) is 0 Å². The number of nitrogens with one attached hydrogen (secondary N) is 1. The van der Waals surface area contributed by atoms with Gasteiger partial charge >= 0.3 is 5.97 Å². The molecule has 0 saturated heterocycles. The van der Waals surface area contributed by atoms with Crippen LogP contribution in [0.4, 0.5) is 14.5 Å². The minimum absolute atomic E-state index is 0.174. The fourth-order valence-corrected chi connectivity index (χ4v) is 2.33. The van der Waals surface area contributed by atoms with Gasteiger partial charge in [0, 0.05) is 18.1 Å². The van der Waals surface area contributed by atoms with Crippen molar-refractivity contribution in [2.45, 2.75) is 12.5 Å². The Balaban J connectivity index is 2.29. The molecule has 9 heteroatoms. The second-order valence-electron chi connectivity index (χ2n) is 5.24. The van der Waals surface area contributed by atoms with Gasteiger partial charge in [-0.25, -0.2) is 13.6 Å². The first-order valence-corrected chi connectivity index (χ1v) is 7.40. The van der Waals surface area contributed by atoms with Crippen molar-refractivity contribution in [1.82, 2.24) is 5.32 Å². The summed E-state index contributed by atoms with van der Waals surface area (Å²) in [5.74, 6) is -4.51. The highest BCUT2D eigenvalue weighted by molar-refractivity contribution is 5.97. The van der Waals surface area contributed by atoms with E-state index in [0.717, 1.165) is 25.3 Å². The van der Waals surface area contributed by atoms with E-state index in [-0.39, 0.29) is 17.7 Å². The highest BCUT2D eigenvalue weighted by Gasteiger charge is 2.27. The van der Waals surface area contributed by atoms with E-state index >= 15 is 0 Å². The molecule has 1 N–H and O–H groups in total. The zero-order chi connectivity index (χ0) is 19.3. The molecule has 1 atom stereocenters. The van der Waals surface area contributed by atoms with Crippen LogP contribution in [0.3, 0.4) is 0 Å². The fourth-order valence-electron chi connectivity index (χ4n) is 2.33. The van der Waals surface area contributed by atoms with Crippen molar-refractivity contribution >= 4 is 17.6 Å². The van der Waals surface area contributed by atoms with Crippen molar-refractivity contribution in [1.29, 1.82) is 0 Å². The van der Waals surface area contributed by atoms with Crippen LogP contribution in [0.25, 0.3) is 0 Å². The molecule has 0 heterocycles. The second-order valence-corrected chi connectivity index (χ2v) is 5.24. The lowest BCUT2D eigenvalue weighted by Crippen LogP contribution is -2.43. The number of hydrogen-bond acceptors (Lipinski definition) is 5. The Morgan fingerprint density at radius 1 is 1.19 bits per heavy atom. The van der Waals surface area contributed by atoms with Crippen molar-refractivity contribution in [3.05, 3.63) is 75.3 Å². The topological polar surface area (TPSA) is 98.5 Å². The summed E-state index contributed by atoms with van der Waals surface area (Å²) in [5, 5.41) is 13.3. The summed E-state index contributed by atoms with van der Waals surface area (Å²) >= 11 is 0. The molecule has 0 fully saturated rings. The number of hydrogen-bond donors (Lipinski definition) is 1. The summed E-state index contributed by atoms with van der Waals surface area (Å²) in [7, 11) is 1.07. The minimum atomic E-state index is -1.36. The molecule has 2 aromatic rings. The fraction of sp³-hybridized carbons (Fsp3) is 0.176. The molecule has 2 rings (SSSR count). The molecule has 0 radical (unpaired) electrons. The van der Waals surface area contributed by atoms with E-state index in [0.29, 0.717) is 0 Å². The van der Waals surface area contributed by atoms with Crippen molar-refractivity contribution in [2.24, 2.45) is 0 Å². The molecule has 136 valence electrons. The van der Waals surface area contributed by atoms with Gasteiger partial charge < -0.3 is 10.1 Å². The zero-order valence-corrected chi connectivity index (χ0v) is 13.6. The Hall–Kier alpha value is -3.36. The number of rotatable bonds is 6. The summed E-state index contributed by atoms with van der Waals surface area (Å²) in [6.45, 7) is 0. The Kier molecular flexibility index (Phi) is 5.94. The summed E-state index contributed by atoms with van der Waals surface area (Å²) in [6, 6.07) is 7.37. The smallest absolute Gasteiger partial charge is 0.328 e. The summed E-state index contributed by atoms with van der Waals surface area (Å²) < 4.78 is 31.6. The highest BCUT2D eigenvalue weighted by atomic mass is 19.2. The summed E-state index contributed by atoms with van der Waals surface area (Å²) in [4.78, 5) is 34.6. The van der Waals surface area contributed by atoms with Gasteiger partial charge in [-0.05, 0) is 12.1 Å². The van der Waals surface area contributed by atoms with Gasteiger partial charge in [-0.3, -0.25) is 14.9 Å². The molecule has 0 bridgehead atoms. The lowest BCUT2D eigenvalue weighted by Gasteiger charge is -2.17. The summed E-state index contributed by atoms with van der Waals surface area (Å²) in [6.07, 6.45) is -0.257. The first-order valence-electron chi connectivity index (χ1n) is 7.40. The third-order valence-corrected chi connectivity index (χ3v) is 3.60. The Bertz CT molecular complexity index is 857. The Morgan fingerprint density at radius 2 is 1.88 bits per heavy atom. The first-order chi connectivity index (χ1) is 12.3. The van der Waals surface area contributed by atoms with E-state index in [1.807, 2.05) is 0 Å². The van der Waals surface area contributed by atoms with E-state index in [4.69, 9.17) is 0 Å². The minimum Gasteiger partial charge on any atom is -0.467 e. The van der Waals surface area contributed by atoms with Crippen LogP contribution in [0.1, 0.15) is 15.9 Å². The maximum Gasteiger partial charge on any atom is 0.328 e. The van der Waals surface area contributed by atoms with Crippen molar-refractivity contribution in [2.75, 3.05) is 7.11 Å². The van der Waals surface area contributed by atoms with Crippen LogP contribution in [0, 0.1) is 21.7 Å². The molecule has 0 aliphatic carbocycles. The summed E-state index contributed by atoms with van der Waals surface area (Å²) in [5.41, 5.74) is -0.665. The number of nitro groups is 1. The molecule has 0 saturated carbocycles. The predicted octanol–water partition coefficient (Wildman–Crippen LogP) is 2.39. The van der Waals surface area contributed by atoms with Gasteiger partial charge in [-0.2, -0.15) is 0 Å². The van der Waals surface area contributed by atoms with Gasteiger partial charge in [-0.15, -0.1) is 0 Å². The van der Waals surface area contributed by atoms with Crippen LogP contribution < -0.4 is 5.32 Å². The number of nitro benzene ring substituents is 1. The first kappa shape index (κ1) is 19.0. The number of amides is 1. The van der Waals surface area contributed by atoms with E-state index in [1.54, 1.807) is 0 Å². The van der Waals surface area contributed by atoms with Crippen LogP contribution in [0.15, 0.2) is 42.5 Å². The van der Waals surface area contributed by atoms with E-state index in [1.165, 1.54) is 24.3 Å². The van der Waals surface area contributed by atoms with Crippen molar-refractivity contribution < 1.29 is 28.0 Å². The third-order valence-electron chi connectivity index (χ3n) is 3.60. The predicted molar refractivity (Wildman–Crippen MR) is 86.4 cm³/mol. The number of para-hydroxylation sites is 1. The number of carbonyl (C=O) groups excluding carboxylic acids is 2. The zero-order valence-electron chi connectivity index (χ0n) is 13.6. The normalized spacial score (nSPS) is 11.5. The molecule has 0 aliphatic rings. The standard InChI is InChI=1S/C17H14F2N2O5/c1-26-17(23)13(9-10-5-2-3-8-14(10)21(24)25)20-16(22)11-6-4-7-12(18)15(11)19/h2-8,13H,9H2,1H3,(H,20,22)/t13-/m0/s1. The van der Waals surface area contributed by atoms with E-state index in [2.05, 4.69) is 10.1 Å². The average Bonchev–Trinajstić information content (AvgIpc) is 2.62. The van der Waals surface area contributed by atoms with Gasteiger partial charge in [0.15, 0.2) is 11.6 Å². The van der Waals surface area contributed by atoms with Crippen LogP contribution >= 0.6 is 0 Å². The molecule has 7 nitrogen and oxygen atoms in total. The largest absolute Gasteiger partial charge is 0.467 e. The van der Waals surface area contributed by atoms with Crippen LogP contribution in [-0.2, 0) is 16.0 Å². The van der Waals surface area contributed by atoms with Crippen LogP contribution in [0.2, 0.25) is 0 Å². The molecular formula is C17H14F2N2O5. The monoisotopic (exact) mass is 364 g/mol. The van der Waals surface area contributed by atoms with Gasteiger partial charge in [0.1, 0.15) is 6.04 Å². The molecular weight excluding hydrogens is 350 g/mol. The maximum atomic E-state index is 13.7. The second kappa shape index (κ2) is 8.15. The molecule has 0 spiro atoms. The number of carbonyl (C=O) groups is 2. The maximum absolute atomic E-state index is 13.7. The number of nitrogens with zero attached hydrogens (tertiary/aromatic N) is 1. The number of benzene rings is 2. The molecule has 1 amide bonds. The van der Waals surface area contributed by atoms with Crippen molar-refractivity contribution in [3.63, 3.8) is 0 Å². The van der Waals surface area contributed by atoms with Crippen LogP contribution in [-0.4, -0.2) is 30.0 Å². The lowest BCUT2D eigenvalue weighted by atomic mass is 10.0. The van der Waals surface area contributed by atoms with Gasteiger partial charge in [0.05, 0.1) is 17.6 Å². The molecule has 2 aromatic carbocycles. The number of esters is 1. The quantitative estimate of drug-likeness (QED) is 0.482. The SMILES string of the molecule is COC(=O)[C@H](Cc1ccccc1[N+](=O)[O-])NC(=O)c1cccc(F)c1F. The molecule has 0 aliphatic heterocycles. The molecule has 0 unspecified atom stereocenters. The number of methoxy groups -OCH3 is 1. The van der Waals surface area contributed by atoms with Gasteiger partial charge in [0.25, 0.3) is 11.6 Å². The van der Waals surface area contributed by atoms with Gasteiger partial charge in [-0.1, -0.05) is 24.3 Å².